The van der Waals surface area contributed by atoms with Gasteiger partial charge in [-0.15, -0.1) is 0 Å². The lowest BCUT2D eigenvalue weighted by molar-refractivity contribution is -0.134. The molecule has 0 saturated carbocycles. The van der Waals surface area contributed by atoms with Crippen molar-refractivity contribution in [2.75, 3.05) is 31.5 Å². The molecule has 0 atom stereocenters. The number of nitrogens with zero attached hydrogens (tertiary/aromatic N) is 2. The van der Waals surface area contributed by atoms with Gasteiger partial charge in [0.15, 0.2) is 0 Å². The van der Waals surface area contributed by atoms with Gasteiger partial charge in [0.05, 0.1) is 0 Å². The normalized spacial score (nSPS) is 14.4. The number of urea groups is 1. The molecule has 2 aromatic carbocycles. The lowest BCUT2D eigenvalue weighted by Crippen LogP contribution is -2.53. The van der Waals surface area contributed by atoms with Crippen LogP contribution in [0.5, 0.6) is 0 Å². The summed E-state index contributed by atoms with van der Waals surface area (Å²) in [6.45, 7) is 4.05. The summed E-state index contributed by atoms with van der Waals surface area (Å²) in [6.07, 6.45) is 2.02. The van der Waals surface area contributed by atoms with Crippen LogP contribution < -0.4 is 5.32 Å². The second-order valence-corrected chi connectivity index (χ2v) is 6.67. The molecule has 1 heterocycles. The molecule has 1 fully saturated rings. The van der Waals surface area contributed by atoms with E-state index in [1.165, 1.54) is 17.0 Å². The molecule has 3 amide bonds. The molecule has 6 heteroatoms. The monoisotopic (exact) mass is 369 g/mol. The fraction of sp³-hybridized carbons (Fsp3) is 0.333. The molecule has 0 unspecified atom stereocenters. The highest BCUT2D eigenvalue weighted by atomic mass is 19.1. The third kappa shape index (κ3) is 4.84. The standard InChI is InChI=1S/C21H24FN3O2/c1-2-3-11-24-12-13-25(15-20(24)26)21(27)23-19-6-4-5-17(14-19)16-7-9-18(22)10-8-16/h4-10,14H,2-3,11-13,15H2,1H3,(H,23,27). The number of halogens is 1. The zero-order valence-electron chi connectivity index (χ0n) is 15.5. The molecule has 2 aromatic rings. The Hall–Kier alpha value is -2.89. The van der Waals surface area contributed by atoms with E-state index < -0.39 is 0 Å². The van der Waals surface area contributed by atoms with Crippen LogP contribution in [-0.4, -0.2) is 47.9 Å². The summed E-state index contributed by atoms with van der Waals surface area (Å²) >= 11 is 0. The molecule has 1 aliphatic rings. The number of nitrogens with one attached hydrogen (secondary N) is 1. The zero-order valence-corrected chi connectivity index (χ0v) is 15.5. The summed E-state index contributed by atoms with van der Waals surface area (Å²) in [5, 5.41) is 2.85. The molecule has 3 rings (SSSR count). The van der Waals surface area contributed by atoms with Gasteiger partial charge in [0, 0.05) is 25.3 Å². The Morgan fingerprint density at radius 3 is 2.59 bits per heavy atom. The summed E-state index contributed by atoms with van der Waals surface area (Å²) in [5.41, 5.74) is 2.39. The van der Waals surface area contributed by atoms with Crippen LogP contribution in [0, 0.1) is 5.82 Å². The number of rotatable bonds is 5. The average molecular weight is 369 g/mol. The van der Waals surface area contributed by atoms with Gasteiger partial charge in [0.2, 0.25) is 5.91 Å². The highest BCUT2D eigenvalue weighted by molar-refractivity contribution is 5.93. The molecular weight excluding hydrogens is 345 g/mol. The number of amides is 3. The largest absolute Gasteiger partial charge is 0.339 e. The van der Waals surface area contributed by atoms with Crippen LogP contribution in [-0.2, 0) is 4.79 Å². The highest BCUT2D eigenvalue weighted by Gasteiger charge is 2.26. The lowest BCUT2D eigenvalue weighted by Gasteiger charge is -2.34. The number of unbranched alkanes of at least 4 members (excludes halogenated alkanes) is 1. The van der Waals surface area contributed by atoms with Crippen LogP contribution in [0.2, 0.25) is 0 Å². The fourth-order valence-electron chi connectivity index (χ4n) is 3.09. The van der Waals surface area contributed by atoms with Crippen molar-refractivity contribution in [2.24, 2.45) is 0 Å². The molecule has 1 saturated heterocycles. The first-order valence-corrected chi connectivity index (χ1v) is 9.26. The van der Waals surface area contributed by atoms with Gasteiger partial charge in [0.1, 0.15) is 12.4 Å². The first kappa shape index (κ1) is 18.9. The number of carbonyl (C=O) groups excluding carboxylic acids is 2. The second kappa shape index (κ2) is 8.66. The summed E-state index contributed by atoms with van der Waals surface area (Å²) < 4.78 is 13.1. The predicted octanol–water partition coefficient (Wildman–Crippen LogP) is 3.97. The molecule has 5 nitrogen and oxygen atoms in total. The first-order chi connectivity index (χ1) is 13.1. The Balaban J connectivity index is 1.62. The van der Waals surface area contributed by atoms with Gasteiger partial charge in [-0.1, -0.05) is 37.6 Å². The van der Waals surface area contributed by atoms with Crippen molar-refractivity contribution < 1.29 is 14.0 Å². The van der Waals surface area contributed by atoms with Gasteiger partial charge >= 0.3 is 6.03 Å². The van der Waals surface area contributed by atoms with Crippen molar-refractivity contribution in [3.8, 4) is 11.1 Å². The van der Waals surface area contributed by atoms with E-state index in [4.69, 9.17) is 0 Å². The molecule has 1 aliphatic heterocycles. The fourth-order valence-corrected chi connectivity index (χ4v) is 3.09. The van der Waals surface area contributed by atoms with Gasteiger partial charge < -0.3 is 15.1 Å². The molecule has 1 N–H and O–H groups in total. The maximum atomic E-state index is 13.1. The average Bonchev–Trinajstić information content (AvgIpc) is 2.68. The quantitative estimate of drug-likeness (QED) is 0.867. The molecular formula is C21H24FN3O2. The van der Waals surface area contributed by atoms with Crippen molar-refractivity contribution in [1.82, 2.24) is 9.80 Å². The van der Waals surface area contributed by atoms with Gasteiger partial charge in [-0.3, -0.25) is 4.79 Å². The molecule has 0 aromatic heterocycles. The van der Waals surface area contributed by atoms with E-state index in [2.05, 4.69) is 12.2 Å². The Labute approximate surface area is 158 Å². The second-order valence-electron chi connectivity index (χ2n) is 6.67. The van der Waals surface area contributed by atoms with Crippen LogP contribution in [0.15, 0.2) is 48.5 Å². The Morgan fingerprint density at radius 2 is 1.89 bits per heavy atom. The summed E-state index contributed by atoms with van der Waals surface area (Å²) in [6, 6.07) is 13.3. The summed E-state index contributed by atoms with van der Waals surface area (Å²) in [4.78, 5) is 28.1. The number of hydrogen-bond donors (Lipinski definition) is 1. The minimum Gasteiger partial charge on any atom is -0.339 e. The number of carbonyl (C=O) groups is 2. The summed E-state index contributed by atoms with van der Waals surface area (Å²) in [5.74, 6) is -0.295. The van der Waals surface area contributed by atoms with Crippen LogP contribution >= 0.6 is 0 Å². The van der Waals surface area contributed by atoms with Crippen LogP contribution in [0.4, 0.5) is 14.9 Å². The molecule has 142 valence electrons. The summed E-state index contributed by atoms with van der Waals surface area (Å²) in [7, 11) is 0. The van der Waals surface area contributed by atoms with Crippen molar-refractivity contribution in [2.45, 2.75) is 19.8 Å². The SMILES string of the molecule is CCCCN1CCN(C(=O)Nc2cccc(-c3ccc(F)cc3)c2)CC1=O. The van der Waals surface area contributed by atoms with Crippen molar-refractivity contribution >= 4 is 17.6 Å². The van der Waals surface area contributed by atoms with Gasteiger partial charge in [-0.25, -0.2) is 9.18 Å². The Morgan fingerprint density at radius 1 is 1.11 bits per heavy atom. The van der Waals surface area contributed by atoms with Crippen LogP contribution in [0.25, 0.3) is 11.1 Å². The Bertz CT molecular complexity index is 807. The lowest BCUT2D eigenvalue weighted by atomic mass is 10.1. The first-order valence-electron chi connectivity index (χ1n) is 9.26. The highest BCUT2D eigenvalue weighted by Crippen LogP contribution is 2.23. The van der Waals surface area contributed by atoms with E-state index in [-0.39, 0.29) is 24.3 Å². The van der Waals surface area contributed by atoms with E-state index in [0.29, 0.717) is 18.8 Å². The number of anilines is 1. The molecule has 0 aliphatic carbocycles. The van der Waals surface area contributed by atoms with E-state index in [1.54, 1.807) is 18.2 Å². The van der Waals surface area contributed by atoms with Gasteiger partial charge in [-0.05, 0) is 41.8 Å². The van der Waals surface area contributed by atoms with E-state index in [1.807, 2.05) is 23.1 Å². The molecule has 0 radical (unpaired) electrons. The van der Waals surface area contributed by atoms with E-state index >= 15 is 0 Å². The molecule has 27 heavy (non-hydrogen) atoms. The van der Waals surface area contributed by atoms with Crippen molar-refractivity contribution in [1.29, 1.82) is 0 Å². The number of benzene rings is 2. The Kier molecular flexibility index (Phi) is 6.06. The minimum atomic E-state index is -0.286. The molecule has 0 bridgehead atoms. The van der Waals surface area contributed by atoms with Crippen LogP contribution in [0.1, 0.15) is 19.8 Å². The topological polar surface area (TPSA) is 52.6 Å². The zero-order chi connectivity index (χ0) is 19.2. The van der Waals surface area contributed by atoms with Gasteiger partial charge in [0.25, 0.3) is 0 Å². The van der Waals surface area contributed by atoms with Crippen molar-refractivity contribution in [3.05, 3.63) is 54.3 Å². The number of hydrogen-bond acceptors (Lipinski definition) is 2. The smallest absolute Gasteiger partial charge is 0.322 e. The third-order valence-electron chi connectivity index (χ3n) is 4.68. The minimum absolute atomic E-state index is 0.00934. The predicted molar refractivity (Wildman–Crippen MR) is 104 cm³/mol. The third-order valence-corrected chi connectivity index (χ3v) is 4.68. The van der Waals surface area contributed by atoms with E-state index in [0.717, 1.165) is 30.5 Å². The van der Waals surface area contributed by atoms with Crippen molar-refractivity contribution in [3.63, 3.8) is 0 Å². The van der Waals surface area contributed by atoms with E-state index in [9.17, 15) is 14.0 Å². The molecule has 0 spiro atoms. The van der Waals surface area contributed by atoms with Crippen LogP contribution in [0.3, 0.4) is 0 Å². The maximum absolute atomic E-state index is 13.1. The van der Waals surface area contributed by atoms with Gasteiger partial charge in [-0.2, -0.15) is 0 Å². The number of piperazine rings is 1. The maximum Gasteiger partial charge on any atom is 0.322 e.